The monoisotopic (exact) mass is 2000 g/mol. The minimum absolute atomic E-state index is 0.900. The van der Waals surface area contributed by atoms with Crippen LogP contribution in [0.25, 0.3) is 319 Å². The van der Waals surface area contributed by atoms with Crippen molar-refractivity contribution in [3.63, 3.8) is 0 Å². The van der Waals surface area contributed by atoms with E-state index in [9.17, 15) is 0 Å². The van der Waals surface area contributed by atoms with Crippen LogP contribution in [-0.4, -0.2) is 58.1 Å². The molecule has 0 N–H and O–H groups in total. The Kier molecular flexibility index (Phi) is 17.6. The van der Waals surface area contributed by atoms with Crippen molar-refractivity contribution in [1.29, 1.82) is 0 Å². The van der Waals surface area contributed by atoms with Crippen molar-refractivity contribution < 1.29 is 8.83 Å². The van der Waals surface area contributed by atoms with Gasteiger partial charge in [-0.1, -0.05) is 212 Å². The molecule has 0 atom stereocenters. The van der Waals surface area contributed by atoms with Crippen LogP contribution in [0.5, 0.6) is 0 Å². The number of aromatic nitrogens is 12. The fourth-order valence-electron chi connectivity index (χ4n) is 23.5. The number of fused-ring (bicyclic) bond motifs is 44. The molecule has 0 saturated heterocycles. The number of benzene rings is 20. The predicted molar refractivity (Wildman–Crippen MR) is 627 cm³/mol. The summed E-state index contributed by atoms with van der Waals surface area (Å²) in [5.74, 6) is 0. The normalized spacial score (nSPS) is 12.3. The van der Waals surface area contributed by atoms with E-state index in [1.54, 1.807) is 49.6 Å². The third-order valence-corrected chi connectivity index (χ3v) is 37.0. The Morgan fingerprint density at radius 3 is 0.865 bits per heavy atom. The number of para-hydroxylation sites is 6. The Bertz CT molecular complexity index is 11800. The van der Waals surface area contributed by atoms with Gasteiger partial charge in [0.25, 0.3) is 0 Å². The van der Waals surface area contributed by atoms with Crippen molar-refractivity contribution in [3.8, 4) is 22.7 Å². The molecule has 0 fully saturated rings. The molecule has 16 heterocycles. The van der Waals surface area contributed by atoms with Gasteiger partial charge in [0.05, 0.1) is 117 Å². The fraction of sp³-hybridized carbons (Fsp3) is 0. The second-order valence-electron chi connectivity index (χ2n) is 37.8. The first-order valence-electron chi connectivity index (χ1n) is 49.0. The summed E-state index contributed by atoms with van der Waals surface area (Å²) in [6, 6.07) is 131. The van der Waals surface area contributed by atoms with Gasteiger partial charge in [0, 0.05) is 235 Å². The lowest BCUT2D eigenvalue weighted by molar-refractivity contribution is 0.668. The smallest absolute Gasteiger partial charge is 0.137 e. The van der Waals surface area contributed by atoms with Gasteiger partial charge >= 0.3 is 0 Å². The molecule has 0 aliphatic rings. The highest BCUT2D eigenvalue weighted by Gasteiger charge is 2.28. The SMILES string of the molecule is c1ccc2c(c1)oc1cc(-n3c4ccccc4c4ccc5c6cc7nccnc7cc6sc5c43)ccc12.c1ccc2c(c1)oc1ccc(-n3c4ccccc4c4ccc5c6cc7nccnc7cc6sc5c43)cc12.c1ccc2c(c1)sc1c(-n3c4ccccc4c4ccc5c6cc7nccnc7cc6sc5c43)cccc12.c1ccc2c(c1)sc1cc(-n3c4ccccc4c4ccc5c6cc7nccnc7cc6sc5c43)ccc12. The topological polar surface area (TPSA) is 149 Å². The lowest BCUT2D eigenvalue weighted by atomic mass is 10.1. The molecule has 14 nitrogen and oxygen atoms in total. The van der Waals surface area contributed by atoms with Crippen LogP contribution in [0, 0.1) is 0 Å². The molecule has 688 valence electrons. The largest absolute Gasteiger partial charge is 0.456 e. The van der Waals surface area contributed by atoms with Crippen LogP contribution >= 0.6 is 68.0 Å². The summed E-state index contributed by atoms with van der Waals surface area (Å²) in [7, 11) is 0. The summed E-state index contributed by atoms with van der Waals surface area (Å²) in [5, 5.41) is 29.9. The van der Waals surface area contributed by atoms with E-state index in [0.717, 1.165) is 99.4 Å². The molecule has 0 radical (unpaired) electrons. The standard InChI is InChI=1S/2C32H17N3OS.2C32H17N3S2/c1-3-7-27-19(5-1)21-10-11-22-24-16-25-26(34-14-13-33-25)17-30(24)37-32(22)31(21)35(27)18-9-12-29-23(15-18)20-6-2-4-8-28(20)36-29;1-3-7-27-19(5-1)22-11-12-23-24-16-25-26(34-14-13-33-25)17-30(24)37-32(23)31(22)35(27)18-9-10-21-20-6-2-4-8-28(20)36-29(21)15-18;1-3-9-26-18(6-1)20-12-13-22-23-16-24-25(34-15-14-33-24)17-29(23)37-32(22)30(20)35(26)27-10-5-8-21-19-7-2-4-11-28(19)36-31(21)27;1-3-7-27-19(5-1)22-11-12-23-24-16-25-26(34-14-13-33-25)17-30(24)37-32(23)31(22)35(27)18-9-10-21-20-6-2-4-8-28(20)36-29(21)15-18/h4*1-17H. The molecule has 16 aromatic heterocycles. The highest BCUT2D eigenvalue weighted by atomic mass is 32.1. The molecule has 0 unspecified atom stereocenters. The zero-order valence-corrected chi connectivity index (χ0v) is 82.8. The van der Waals surface area contributed by atoms with Gasteiger partial charge in [0.2, 0.25) is 0 Å². The summed E-state index contributed by atoms with van der Waals surface area (Å²) in [6.45, 7) is 0. The second-order valence-corrected chi connectivity index (χ2v) is 44.2. The number of furan rings is 2. The van der Waals surface area contributed by atoms with E-state index in [1.807, 2.05) is 92.3 Å². The van der Waals surface area contributed by atoms with Gasteiger partial charge < -0.3 is 27.1 Å². The van der Waals surface area contributed by atoms with E-state index in [-0.39, 0.29) is 0 Å². The minimum atomic E-state index is 0.900. The van der Waals surface area contributed by atoms with Crippen LogP contribution in [0.3, 0.4) is 0 Å². The Balaban J connectivity index is 0.0000000859. The molecule has 0 aliphatic heterocycles. The third kappa shape index (κ3) is 12.2. The quantitative estimate of drug-likeness (QED) is 0.167. The highest BCUT2D eigenvalue weighted by Crippen LogP contribution is 2.53. The molecular formula is C128H68N12O2S6. The molecule has 0 aliphatic carbocycles. The molecule has 0 saturated carbocycles. The molecule has 0 bridgehead atoms. The number of rotatable bonds is 4. The number of hydrogen-bond acceptors (Lipinski definition) is 16. The van der Waals surface area contributed by atoms with Gasteiger partial charge in [0.1, 0.15) is 22.3 Å². The maximum Gasteiger partial charge on any atom is 0.137 e. The Morgan fingerprint density at radius 2 is 0.426 bits per heavy atom. The first-order chi connectivity index (χ1) is 73.3. The summed E-state index contributed by atoms with van der Waals surface area (Å²) in [4.78, 5) is 36.4. The van der Waals surface area contributed by atoms with E-state index >= 15 is 0 Å². The second kappa shape index (κ2) is 31.7. The zero-order valence-electron chi connectivity index (χ0n) is 77.9. The maximum absolute atomic E-state index is 6.27. The van der Waals surface area contributed by atoms with Crippen molar-refractivity contribution in [3.05, 3.63) is 414 Å². The average Bonchev–Trinajstić information content (AvgIpc) is 1.55. The number of nitrogens with zero attached hydrogens (tertiary/aromatic N) is 12. The van der Waals surface area contributed by atoms with Crippen LogP contribution in [0.2, 0.25) is 0 Å². The number of hydrogen-bond donors (Lipinski definition) is 0. The van der Waals surface area contributed by atoms with Crippen molar-refractivity contribution in [2.45, 2.75) is 0 Å². The summed E-state index contributed by atoms with van der Waals surface area (Å²) >= 11 is 11.1. The van der Waals surface area contributed by atoms with Crippen molar-refractivity contribution >= 4 is 364 Å². The van der Waals surface area contributed by atoms with Gasteiger partial charge in [0.15, 0.2) is 0 Å². The number of thiophene rings is 6. The first-order valence-corrected chi connectivity index (χ1v) is 53.9. The molecule has 20 heteroatoms. The summed E-state index contributed by atoms with van der Waals surface area (Å²) < 4.78 is 37.5. The van der Waals surface area contributed by atoms with Crippen LogP contribution in [-0.2, 0) is 0 Å². The molecule has 0 spiro atoms. The Hall–Kier alpha value is -18.1. The minimum Gasteiger partial charge on any atom is -0.456 e. The van der Waals surface area contributed by atoms with E-state index < -0.39 is 0 Å². The van der Waals surface area contributed by atoms with Gasteiger partial charge in [-0.05, 0) is 146 Å². The Labute approximate surface area is 860 Å². The van der Waals surface area contributed by atoms with Gasteiger partial charge in [-0.15, -0.1) is 68.0 Å². The van der Waals surface area contributed by atoms with E-state index in [4.69, 9.17) is 8.83 Å². The van der Waals surface area contributed by atoms with Crippen LogP contribution in [0.1, 0.15) is 0 Å². The maximum atomic E-state index is 6.27. The average molecular weight is 2000 g/mol. The lowest BCUT2D eigenvalue weighted by Gasteiger charge is -2.10. The summed E-state index contributed by atoms with van der Waals surface area (Å²) in [5.41, 5.74) is 25.6. The van der Waals surface area contributed by atoms with Gasteiger partial charge in [-0.25, -0.2) is 0 Å². The van der Waals surface area contributed by atoms with E-state index in [2.05, 4.69) is 398 Å². The molecule has 0 amide bonds. The third-order valence-electron chi connectivity index (χ3n) is 29.9. The van der Waals surface area contributed by atoms with E-state index in [1.165, 1.54) is 220 Å². The zero-order chi connectivity index (χ0) is 96.3. The lowest BCUT2D eigenvalue weighted by Crippen LogP contribution is -1.94. The van der Waals surface area contributed by atoms with Crippen molar-refractivity contribution in [1.82, 2.24) is 58.1 Å². The Morgan fingerprint density at radius 1 is 0.155 bits per heavy atom. The summed E-state index contributed by atoms with van der Waals surface area (Å²) in [6.07, 6.45) is 14.1. The molecular weight excluding hydrogens is 1930 g/mol. The van der Waals surface area contributed by atoms with Crippen LogP contribution < -0.4 is 0 Å². The van der Waals surface area contributed by atoms with Crippen molar-refractivity contribution in [2.24, 2.45) is 0 Å². The van der Waals surface area contributed by atoms with Crippen LogP contribution in [0.4, 0.5) is 0 Å². The molecule has 36 aromatic rings. The van der Waals surface area contributed by atoms with Crippen LogP contribution in [0.15, 0.2) is 422 Å². The molecule has 20 aromatic carbocycles. The highest BCUT2D eigenvalue weighted by molar-refractivity contribution is 7.29. The predicted octanol–water partition coefficient (Wildman–Crippen LogP) is 36.9. The fourth-order valence-corrected chi connectivity index (χ4v) is 30.8. The van der Waals surface area contributed by atoms with E-state index in [0.29, 0.717) is 0 Å². The van der Waals surface area contributed by atoms with Gasteiger partial charge in [-0.3, -0.25) is 39.9 Å². The van der Waals surface area contributed by atoms with Gasteiger partial charge in [-0.2, -0.15) is 0 Å². The first kappa shape index (κ1) is 82.3. The molecule has 148 heavy (non-hydrogen) atoms. The van der Waals surface area contributed by atoms with Crippen molar-refractivity contribution in [2.75, 3.05) is 0 Å². The molecule has 36 rings (SSSR count).